The summed E-state index contributed by atoms with van der Waals surface area (Å²) < 4.78 is 77.0. The van der Waals surface area contributed by atoms with Crippen LogP contribution in [0.3, 0.4) is 0 Å². The minimum absolute atomic E-state index is 0.0276. The number of aromatic nitrogens is 3. The molecule has 3 nitrogen and oxygen atoms in total. The number of alkyl halides is 6. The Kier molecular flexibility index (Phi) is 3.31. The largest absolute Gasteiger partial charge is 0.417 e. The van der Waals surface area contributed by atoms with Gasteiger partial charge >= 0.3 is 12.4 Å². The van der Waals surface area contributed by atoms with Gasteiger partial charge in [-0.05, 0) is 24.3 Å². The average Bonchev–Trinajstić information content (AvgIpc) is 2.88. The van der Waals surface area contributed by atoms with Crippen LogP contribution in [0, 0.1) is 0 Å². The predicted molar refractivity (Wildman–Crippen MR) is 68.4 cm³/mol. The fraction of sp³-hybridized carbons (Fsp3) is 0.143. The summed E-state index contributed by atoms with van der Waals surface area (Å²) in [6.07, 6.45) is -8.23. The molecule has 0 saturated carbocycles. The van der Waals surface area contributed by atoms with Gasteiger partial charge in [-0.25, -0.2) is 0 Å². The van der Waals surface area contributed by atoms with Crippen LogP contribution in [0.4, 0.5) is 26.3 Å². The zero-order chi connectivity index (χ0) is 16.8. The van der Waals surface area contributed by atoms with Crippen molar-refractivity contribution in [3.05, 3.63) is 53.7 Å². The van der Waals surface area contributed by atoms with Gasteiger partial charge in [0, 0.05) is 11.8 Å². The van der Waals surface area contributed by atoms with Crippen LogP contribution in [0.2, 0.25) is 0 Å². The third-order valence-electron chi connectivity index (χ3n) is 3.20. The molecule has 0 unspecified atom stereocenters. The third kappa shape index (κ3) is 2.86. The summed E-state index contributed by atoms with van der Waals surface area (Å²) in [4.78, 5) is 0. The Balaban J connectivity index is 2.09. The van der Waals surface area contributed by atoms with Gasteiger partial charge in [-0.1, -0.05) is 12.1 Å². The molecule has 0 amide bonds. The second kappa shape index (κ2) is 4.97. The molecule has 0 bridgehead atoms. The molecule has 0 atom stereocenters. The van der Waals surface area contributed by atoms with Crippen LogP contribution in [0.1, 0.15) is 11.1 Å². The Morgan fingerprint density at radius 2 is 1.26 bits per heavy atom. The molecule has 0 N–H and O–H groups in total. The Morgan fingerprint density at radius 1 is 0.696 bits per heavy atom. The Bertz CT molecular complexity index is 846. The van der Waals surface area contributed by atoms with Crippen molar-refractivity contribution in [3.63, 3.8) is 0 Å². The van der Waals surface area contributed by atoms with E-state index in [1.165, 1.54) is 0 Å². The standard InChI is InChI=1S/C14H7F6N3/c15-13(16,17)9-3-1-8(2-4-9)12-22-21-11-6-5-10(7-23(11)12)14(18,19)20/h1-7H. The van der Waals surface area contributed by atoms with Gasteiger partial charge in [-0.15, -0.1) is 10.2 Å². The molecule has 1 aromatic carbocycles. The first-order chi connectivity index (χ1) is 10.7. The molecule has 0 fully saturated rings. The van der Waals surface area contributed by atoms with E-state index in [0.29, 0.717) is 0 Å². The predicted octanol–water partition coefficient (Wildman–Crippen LogP) is 4.43. The van der Waals surface area contributed by atoms with E-state index in [2.05, 4.69) is 10.2 Å². The minimum Gasteiger partial charge on any atom is -0.282 e. The normalized spacial score (nSPS) is 12.8. The summed E-state index contributed by atoms with van der Waals surface area (Å²) >= 11 is 0. The summed E-state index contributed by atoms with van der Waals surface area (Å²) in [6.45, 7) is 0. The number of hydrogen-bond acceptors (Lipinski definition) is 2. The highest BCUT2D eigenvalue weighted by atomic mass is 19.4. The fourth-order valence-electron chi connectivity index (χ4n) is 2.06. The highest BCUT2D eigenvalue weighted by Crippen LogP contribution is 2.32. The molecule has 3 rings (SSSR count). The smallest absolute Gasteiger partial charge is 0.282 e. The van der Waals surface area contributed by atoms with E-state index in [1.54, 1.807) is 0 Å². The zero-order valence-electron chi connectivity index (χ0n) is 11.2. The first-order valence-electron chi connectivity index (χ1n) is 6.26. The number of pyridine rings is 1. The van der Waals surface area contributed by atoms with Crippen LogP contribution in [-0.2, 0) is 12.4 Å². The summed E-state index contributed by atoms with van der Waals surface area (Å²) in [5, 5.41) is 7.46. The van der Waals surface area contributed by atoms with Gasteiger partial charge in [0.1, 0.15) is 0 Å². The van der Waals surface area contributed by atoms with E-state index in [1.807, 2.05) is 0 Å². The van der Waals surface area contributed by atoms with Crippen molar-refractivity contribution < 1.29 is 26.3 Å². The Labute approximate surface area is 125 Å². The van der Waals surface area contributed by atoms with Crippen molar-refractivity contribution in [2.24, 2.45) is 0 Å². The highest BCUT2D eigenvalue weighted by Gasteiger charge is 2.32. The molecule has 3 aromatic rings. The van der Waals surface area contributed by atoms with Crippen molar-refractivity contribution in [2.75, 3.05) is 0 Å². The fourth-order valence-corrected chi connectivity index (χ4v) is 2.06. The van der Waals surface area contributed by atoms with Crippen molar-refractivity contribution in [3.8, 4) is 11.4 Å². The molecule has 0 aliphatic heterocycles. The quantitative estimate of drug-likeness (QED) is 0.617. The van der Waals surface area contributed by atoms with Crippen LogP contribution in [0.25, 0.3) is 17.0 Å². The molecule has 9 heteroatoms. The number of nitrogens with zero attached hydrogens (tertiary/aromatic N) is 3. The number of hydrogen-bond donors (Lipinski definition) is 0. The molecule has 120 valence electrons. The monoisotopic (exact) mass is 331 g/mol. The summed E-state index contributed by atoms with van der Waals surface area (Å²) in [7, 11) is 0. The second-order valence-corrected chi connectivity index (χ2v) is 4.74. The lowest BCUT2D eigenvalue weighted by Gasteiger charge is -2.08. The van der Waals surface area contributed by atoms with Crippen LogP contribution in [-0.4, -0.2) is 14.6 Å². The van der Waals surface area contributed by atoms with Gasteiger partial charge in [0.15, 0.2) is 11.5 Å². The van der Waals surface area contributed by atoms with E-state index in [4.69, 9.17) is 0 Å². The van der Waals surface area contributed by atoms with Crippen molar-refractivity contribution in [1.29, 1.82) is 0 Å². The second-order valence-electron chi connectivity index (χ2n) is 4.74. The van der Waals surface area contributed by atoms with Crippen LogP contribution >= 0.6 is 0 Å². The molecule has 0 saturated heterocycles. The summed E-state index contributed by atoms with van der Waals surface area (Å²) in [5.41, 5.74) is -1.37. The molecule has 2 aromatic heterocycles. The van der Waals surface area contributed by atoms with Crippen LogP contribution in [0.15, 0.2) is 42.6 Å². The van der Waals surface area contributed by atoms with Gasteiger partial charge in [-0.3, -0.25) is 4.40 Å². The van der Waals surface area contributed by atoms with Crippen molar-refractivity contribution >= 4 is 5.65 Å². The molecular weight excluding hydrogens is 324 g/mol. The van der Waals surface area contributed by atoms with Crippen LogP contribution in [0.5, 0.6) is 0 Å². The van der Waals surface area contributed by atoms with Crippen LogP contribution < -0.4 is 0 Å². The number of fused-ring (bicyclic) bond motifs is 1. The van der Waals surface area contributed by atoms with Gasteiger partial charge in [-0.2, -0.15) is 26.3 Å². The van der Waals surface area contributed by atoms with Gasteiger partial charge in [0.05, 0.1) is 11.1 Å². The lowest BCUT2D eigenvalue weighted by Crippen LogP contribution is -2.06. The third-order valence-corrected chi connectivity index (χ3v) is 3.20. The molecule has 0 radical (unpaired) electrons. The van der Waals surface area contributed by atoms with Crippen molar-refractivity contribution in [2.45, 2.75) is 12.4 Å². The van der Waals surface area contributed by atoms with E-state index in [0.717, 1.165) is 47.0 Å². The minimum atomic E-state index is -4.55. The van der Waals surface area contributed by atoms with Gasteiger partial charge in [0.25, 0.3) is 0 Å². The highest BCUT2D eigenvalue weighted by molar-refractivity contribution is 5.60. The first-order valence-corrected chi connectivity index (χ1v) is 6.26. The average molecular weight is 331 g/mol. The van der Waals surface area contributed by atoms with E-state index >= 15 is 0 Å². The zero-order valence-corrected chi connectivity index (χ0v) is 11.2. The Morgan fingerprint density at radius 3 is 1.83 bits per heavy atom. The Hall–Kier alpha value is -2.58. The lowest BCUT2D eigenvalue weighted by atomic mass is 10.1. The summed E-state index contributed by atoms with van der Waals surface area (Å²) in [6, 6.07) is 5.96. The van der Waals surface area contributed by atoms with E-state index in [9.17, 15) is 26.3 Å². The number of halogens is 6. The number of benzene rings is 1. The SMILES string of the molecule is FC(F)(F)c1ccc(-c2nnc3ccc(C(F)(F)F)cn23)cc1. The summed E-state index contributed by atoms with van der Waals surface area (Å²) in [5.74, 6) is 0.0276. The molecule has 2 heterocycles. The van der Waals surface area contributed by atoms with E-state index < -0.39 is 23.5 Å². The maximum absolute atomic E-state index is 12.8. The van der Waals surface area contributed by atoms with E-state index in [-0.39, 0.29) is 17.0 Å². The van der Waals surface area contributed by atoms with Gasteiger partial charge in [0.2, 0.25) is 0 Å². The molecule has 23 heavy (non-hydrogen) atoms. The maximum atomic E-state index is 12.8. The maximum Gasteiger partial charge on any atom is 0.417 e. The molecule has 0 spiro atoms. The lowest BCUT2D eigenvalue weighted by molar-refractivity contribution is -0.138. The molecular formula is C14H7F6N3. The topological polar surface area (TPSA) is 30.2 Å². The number of rotatable bonds is 1. The molecule has 0 aliphatic carbocycles. The first kappa shape index (κ1) is 15.3. The molecule has 0 aliphatic rings. The van der Waals surface area contributed by atoms with Gasteiger partial charge < -0.3 is 0 Å². The van der Waals surface area contributed by atoms with Crippen molar-refractivity contribution in [1.82, 2.24) is 14.6 Å².